The van der Waals surface area contributed by atoms with E-state index in [0.29, 0.717) is 6.61 Å². The van der Waals surface area contributed by atoms with Crippen LogP contribution in [0, 0.1) is 0 Å². The number of amides is 1. The highest BCUT2D eigenvalue weighted by Gasteiger charge is 2.20. The number of carbonyl (C=O) groups excluding carboxylic acids is 1. The van der Waals surface area contributed by atoms with Crippen molar-refractivity contribution in [2.75, 3.05) is 6.67 Å². The van der Waals surface area contributed by atoms with Gasteiger partial charge in [-0.1, -0.05) is 12.1 Å². The SMILES string of the molecule is CC(C)OCc1ccc(C(=O)NC(CF)C(=O)O)cc1. The number of hydrogen-bond acceptors (Lipinski definition) is 3. The second-order valence-electron chi connectivity index (χ2n) is 4.58. The van der Waals surface area contributed by atoms with E-state index in [1.54, 1.807) is 24.3 Å². The van der Waals surface area contributed by atoms with Crippen molar-refractivity contribution in [3.63, 3.8) is 0 Å². The Labute approximate surface area is 116 Å². The van der Waals surface area contributed by atoms with Gasteiger partial charge in [-0.15, -0.1) is 0 Å². The molecule has 1 rings (SSSR count). The van der Waals surface area contributed by atoms with Crippen molar-refractivity contribution < 1.29 is 23.8 Å². The molecule has 0 aliphatic heterocycles. The molecule has 1 unspecified atom stereocenters. The van der Waals surface area contributed by atoms with E-state index in [1.807, 2.05) is 13.8 Å². The normalized spacial score (nSPS) is 12.2. The number of benzene rings is 1. The van der Waals surface area contributed by atoms with Crippen LogP contribution in [-0.2, 0) is 16.1 Å². The van der Waals surface area contributed by atoms with Gasteiger partial charge in [0.2, 0.25) is 0 Å². The zero-order valence-corrected chi connectivity index (χ0v) is 11.4. The predicted molar refractivity (Wildman–Crippen MR) is 71.2 cm³/mol. The zero-order chi connectivity index (χ0) is 15.1. The van der Waals surface area contributed by atoms with Gasteiger partial charge in [0, 0.05) is 5.56 Å². The summed E-state index contributed by atoms with van der Waals surface area (Å²) in [4.78, 5) is 22.4. The van der Waals surface area contributed by atoms with Crippen LogP contribution in [-0.4, -0.2) is 35.8 Å². The average molecular weight is 283 g/mol. The second-order valence-corrected chi connectivity index (χ2v) is 4.58. The van der Waals surface area contributed by atoms with E-state index in [1.165, 1.54) is 0 Å². The second kappa shape index (κ2) is 7.59. The van der Waals surface area contributed by atoms with E-state index < -0.39 is 24.6 Å². The Hall–Kier alpha value is -1.95. The highest BCUT2D eigenvalue weighted by Crippen LogP contribution is 2.07. The van der Waals surface area contributed by atoms with Gasteiger partial charge in [-0.05, 0) is 31.5 Å². The summed E-state index contributed by atoms with van der Waals surface area (Å²) in [5.74, 6) is -2.02. The number of nitrogens with one attached hydrogen (secondary N) is 1. The first-order valence-electron chi connectivity index (χ1n) is 6.24. The Bertz CT molecular complexity index is 459. The summed E-state index contributed by atoms with van der Waals surface area (Å²) in [7, 11) is 0. The fraction of sp³-hybridized carbons (Fsp3) is 0.429. The maximum Gasteiger partial charge on any atom is 0.328 e. The molecule has 2 N–H and O–H groups in total. The van der Waals surface area contributed by atoms with Crippen molar-refractivity contribution in [2.45, 2.75) is 32.6 Å². The molecular weight excluding hydrogens is 265 g/mol. The van der Waals surface area contributed by atoms with Gasteiger partial charge in [0.1, 0.15) is 6.67 Å². The number of hydrogen-bond donors (Lipinski definition) is 2. The molecule has 0 fully saturated rings. The summed E-state index contributed by atoms with van der Waals surface area (Å²) in [6, 6.07) is 4.99. The monoisotopic (exact) mass is 283 g/mol. The number of carboxylic acid groups (broad SMARTS) is 1. The molecule has 0 radical (unpaired) electrons. The van der Waals surface area contributed by atoms with Crippen LogP contribution in [0.1, 0.15) is 29.8 Å². The van der Waals surface area contributed by atoms with Crippen LogP contribution in [0.25, 0.3) is 0 Å². The number of rotatable bonds is 7. The predicted octanol–water partition coefficient (Wildman–Crippen LogP) is 1.76. The van der Waals surface area contributed by atoms with Gasteiger partial charge in [0.05, 0.1) is 12.7 Å². The third-order valence-electron chi connectivity index (χ3n) is 2.56. The van der Waals surface area contributed by atoms with Crippen LogP contribution in [0.15, 0.2) is 24.3 Å². The Morgan fingerprint density at radius 3 is 2.35 bits per heavy atom. The summed E-state index contributed by atoms with van der Waals surface area (Å²) in [5, 5.41) is 10.8. The number of carbonyl (C=O) groups is 2. The molecule has 1 atom stereocenters. The van der Waals surface area contributed by atoms with Crippen molar-refractivity contribution in [3.05, 3.63) is 35.4 Å². The lowest BCUT2D eigenvalue weighted by Crippen LogP contribution is -2.42. The van der Waals surface area contributed by atoms with Crippen LogP contribution in [0.3, 0.4) is 0 Å². The molecule has 0 bridgehead atoms. The van der Waals surface area contributed by atoms with Crippen LogP contribution in [0.5, 0.6) is 0 Å². The van der Waals surface area contributed by atoms with Crippen LogP contribution < -0.4 is 5.32 Å². The van der Waals surface area contributed by atoms with Gasteiger partial charge in [0.25, 0.3) is 5.91 Å². The highest BCUT2D eigenvalue weighted by atomic mass is 19.1. The fourth-order valence-corrected chi connectivity index (χ4v) is 1.42. The minimum absolute atomic E-state index is 0.110. The third-order valence-corrected chi connectivity index (χ3v) is 2.56. The van der Waals surface area contributed by atoms with Gasteiger partial charge in [-0.3, -0.25) is 4.79 Å². The number of halogens is 1. The molecule has 5 nitrogen and oxygen atoms in total. The van der Waals surface area contributed by atoms with Crippen molar-refractivity contribution in [1.82, 2.24) is 5.32 Å². The van der Waals surface area contributed by atoms with E-state index in [2.05, 4.69) is 5.32 Å². The number of ether oxygens (including phenoxy) is 1. The maximum absolute atomic E-state index is 12.4. The lowest BCUT2D eigenvalue weighted by molar-refractivity contribution is -0.139. The fourth-order valence-electron chi connectivity index (χ4n) is 1.42. The molecule has 0 heterocycles. The first kappa shape index (κ1) is 16.1. The van der Waals surface area contributed by atoms with Gasteiger partial charge in [0.15, 0.2) is 6.04 Å². The molecule has 1 aromatic carbocycles. The third kappa shape index (κ3) is 4.97. The van der Waals surface area contributed by atoms with E-state index in [4.69, 9.17) is 9.84 Å². The van der Waals surface area contributed by atoms with Gasteiger partial charge in [-0.25, -0.2) is 9.18 Å². The minimum Gasteiger partial charge on any atom is -0.480 e. The maximum atomic E-state index is 12.4. The molecule has 0 saturated carbocycles. The number of alkyl halides is 1. The number of aliphatic carboxylic acids is 1. The van der Waals surface area contributed by atoms with Crippen molar-refractivity contribution in [3.8, 4) is 0 Å². The van der Waals surface area contributed by atoms with Crippen molar-refractivity contribution in [1.29, 1.82) is 0 Å². The summed E-state index contributed by atoms with van der Waals surface area (Å²) >= 11 is 0. The highest BCUT2D eigenvalue weighted by molar-refractivity contribution is 5.96. The van der Waals surface area contributed by atoms with E-state index in [9.17, 15) is 14.0 Å². The molecule has 0 aliphatic rings. The van der Waals surface area contributed by atoms with Crippen LogP contribution in [0.2, 0.25) is 0 Å². The zero-order valence-electron chi connectivity index (χ0n) is 11.4. The van der Waals surface area contributed by atoms with Crippen molar-refractivity contribution >= 4 is 11.9 Å². The average Bonchev–Trinajstić information content (AvgIpc) is 2.42. The largest absolute Gasteiger partial charge is 0.480 e. The summed E-state index contributed by atoms with van der Waals surface area (Å²) in [5.41, 5.74) is 1.17. The number of carboxylic acids is 1. The first-order valence-corrected chi connectivity index (χ1v) is 6.24. The molecule has 1 amide bonds. The lowest BCUT2D eigenvalue weighted by Gasteiger charge is -2.11. The lowest BCUT2D eigenvalue weighted by atomic mass is 10.1. The Balaban J connectivity index is 2.63. The molecule has 1 aromatic rings. The van der Waals surface area contributed by atoms with E-state index in [-0.39, 0.29) is 11.7 Å². The molecule has 0 aromatic heterocycles. The molecule has 0 saturated heterocycles. The quantitative estimate of drug-likeness (QED) is 0.799. The molecule has 20 heavy (non-hydrogen) atoms. The topological polar surface area (TPSA) is 75.6 Å². The summed E-state index contributed by atoms with van der Waals surface area (Å²) in [6.45, 7) is 3.12. The van der Waals surface area contributed by atoms with Crippen LogP contribution >= 0.6 is 0 Å². The molecule has 6 heteroatoms. The molecule has 0 spiro atoms. The molecule has 110 valence electrons. The van der Waals surface area contributed by atoms with Crippen LogP contribution in [0.4, 0.5) is 4.39 Å². The molecular formula is C14H18FNO4. The minimum atomic E-state index is -1.52. The van der Waals surface area contributed by atoms with E-state index in [0.717, 1.165) is 5.56 Å². The Kier molecular flexibility index (Phi) is 6.11. The standard InChI is InChI=1S/C14H18FNO4/c1-9(2)20-8-10-3-5-11(6-4-10)13(17)16-12(7-15)14(18)19/h3-6,9,12H,7-8H2,1-2H3,(H,16,17)(H,18,19). The summed E-state index contributed by atoms with van der Waals surface area (Å²) in [6.07, 6.45) is 0.110. The molecule has 0 aliphatic carbocycles. The van der Waals surface area contributed by atoms with Gasteiger partial charge in [-0.2, -0.15) is 0 Å². The summed E-state index contributed by atoms with van der Waals surface area (Å²) < 4.78 is 17.8. The van der Waals surface area contributed by atoms with Gasteiger partial charge < -0.3 is 15.2 Å². The Morgan fingerprint density at radius 2 is 1.90 bits per heavy atom. The van der Waals surface area contributed by atoms with Gasteiger partial charge >= 0.3 is 5.97 Å². The first-order chi connectivity index (χ1) is 9.43. The smallest absolute Gasteiger partial charge is 0.328 e. The van der Waals surface area contributed by atoms with E-state index >= 15 is 0 Å². The Morgan fingerprint density at radius 1 is 1.30 bits per heavy atom. The van der Waals surface area contributed by atoms with Crippen molar-refractivity contribution in [2.24, 2.45) is 0 Å².